The lowest BCUT2D eigenvalue weighted by molar-refractivity contribution is -0.142. The molecule has 4 N–H and O–H groups in total. The molecule has 3 rings (SSSR count). The molecule has 1 fully saturated rings. The maximum Gasteiger partial charge on any atom is 0.337 e. The van der Waals surface area contributed by atoms with Gasteiger partial charge in [0.15, 0.2) is 5.92 Å². The third-order valence-corrected chi connectivity index (χ3v) is 4.09. The number of anilines is 2. The number of urea groups is 2. The standard InChI is InChI=1S/C18H14ClN5O5/c19-10-6-8-11(9-7-10)20-17(28)23-22-15(26)13-14(25)21-18(29)24(16(13)27)12-4-2-1-3-5-12/h1-9,13H,(H,22,26)(H2,20,23,28)(H,21,25,29). The average molecular weight is 416 g/mol. The SMILES string of the molecule is O=C(NNC(=O)C1C(=O)NC(=O)N(c2ccccc2)C1=O)Nc1ccc(Cl)cc1. The second-order valence-electron chi connectivity index (χ2n) is 5.81. The van der Waals surface area contributed by atoms with Crippen LogP contribution < -0.4 is 26.4 Å². The fraction of sp³-hybridized carbons (Fsp3) is 0.0556. The number of benzene rings is 2. The van der Waals surface area contributed by atoms with Gasteiger partial charge >= 0.3 is 12.1 Å². The minimum absolute atomic E-state index is 0.189. The average Bonchev–Trinajstić information content (AvgIpc) is 2.68. The maximum absolute atomic E-state index is 12.6. The molecule has 2 aromatic carbocycles. The zero-order valence-corrected chi connectivity index (χ0v) is 15.4. The number of barbiturate groups is 1. The predicted octanol–water partition coefficient (Wildman–Crippen LogP) is 1.39. The van der Waals surface area contributed by atoms with Crippen molar-refractivity contribution >= 4 is 52.8 Å². The quantitative estimate of drug-likeness (QED) is 0.443. The number of nitrogens with zero attached hydrogens (tertiary/aromatic N) is 1. The van der Waals surface area contributed by atoms with Crippen molar-refractivity contribution in [3.63, 3.8) is 0 Å². The van der Waals surface area contributed by atoms with E-state index in [0.29, 0.717) is 15.6 Å². The van der Waals surface area contributed by atoms with Gasteiger partial charge in [0, 0.05) is 10.7 Å². The van der Waals surface area contributed by atoms with Gasteiger partial charge in [0.1, 0.15) is 0 Å². The highest BCUT2D eigenvalue weighted by Crippen LogP contribution is 2.20. The smallest absolute Gasteiger partial charge is 0.307 e. The summed E-state index contributed by atoms with van der Waals surface area (Å²) in [6, 6.07) is 12.2. The monoisotopic (exact) mass is 415 g/mol. The highest BCUT2D eigenvalue weighted by atomic mass is 35.5. The Balaban J connectivity index is 1.65. The fourth-order valence-corrected chi connectivity index (χ4v) is 2.64. The first-order valence-electron chi connectivity index (χ1n) is 8.23. The van der Waals surface area contributed by atoms with E-state index >= 15 is 0 Å². The lowest BCUT2D eigenvalue weighted by atomic mass is 10.0. The largest absolute Gasteiger partial charge is 0.337 e. The van der Waals surface area contributed by atoms with Crippen LogP contribution in [-0.2, 0) is 14.4 Å². The van der Waals surface area contributed by atoms with Crippen LogP contribution in [0.5, 0.6) is 0 Å². The van der Waals surface area contributed by atoms with E-state index in [4.69, 9.17) is 11.6 Å². The highest BCUT2D eigenvalue weighted by molar-refractivity contribution is 6.34. The van der Waals surface area contributed by atoms with Gasteiger partial charge in [0.05, 0.1) is 5.69 Å². The van der Waals surface area contributed by atoms with E-state index in [1.54, 1.807) is 30.3 Å². The molecule has 1 aliphatic rings. The van der Waals surface area contributed by atoms with Gasteiger partial charge in [-0.25, -0.2) is 19.9 Å². The molecule has 1 saturated heterocycles. The summed E-state index contributed by atoms with van der Waals surface area (Å²) in [6.07, 6.45) is 0. The Hall–Kier alpha value is -3.92. The van der Waals surface area contributed by atoms with Gasteiger partial charge in [-0.3, -0.25) is 25.1 Å². The van der Waals surface area contributed by atoms with Gasteiger partial charge in [-0.1, -0.05) is 29.8 Å². The Labute approximate surface area is 169 Å². The molecule has 0 spiro atoms. The van der Waals surface area contributed by atoms with E-state index in [0.717, 1.165) is 0 Å². The molecule has 0 saturated carbocycles. The molecule has 0 bridgehead atoms. The van der Waals surface area contributed by atoms with Crippen LogP contribution in [0.4, 0.5) is 21.0 Å². The lowest BCUT2D eigenvalue weighted by Crippen LogP contribution is -2.63. The van der Waals surface area contributed by atoms with Gasteiger partial charge in [0.2, 0.25) is 5.91 Å². The fourth-order valence-electron chi connectivity index (χ4n) is 2.51. The number of carbonyl (C=O) groups is 5. The summed E-state index contributed by atoms with van der Waals surface area (Å²) in [5.41, 5.74) is 4.60. The number of hydrazine groups is 1. The van der Waals surface area contributed by atoms with Crippen molar-refractivity contribution in [3.8, 4) is 0 Å². The summed E-state index contributed by atoms with van der Waals surface area (Å²) in [5, 5.41) is 4.84. The van der Waals surface area contributed by atoms with Crippen molar-refractivity contribution in [1.82, 2.24) is 16.2 Å². The zero-order chi connectivity index (χ0) is 21.0. The molecule has 0 radical (unpaired) electrons. The number of carbonyl (C=O) groups excluding carboxylic acids is 5. The number of para-hydroxylation sites is 1. The Morgan fingerprint density at radius 2 is 1.59 bits per heavy atom. The first-order valence-corrected chi connectivity index (χ1v) is 8.61. The summed E-state index contributed by atoms with van der Waals surface area (Å²) in [6.45, 7) is 0. The second kappa shape index (κ2) is 8.40. The Bertz CT molecular complexity index is 980. The second-order valence-corrected chi connectivity index (χ2v) is 6.25. The van der Waals surface area contributed by atoms with Gasteiger partial charge in [-0.05, 0) is 36.4 Å². The van der Waals surface area contributed by atoms with Crippen LogP contribution in [-0.4, -0.2) is 29.8 Å². The first-order chi connectivity index (χ1) is 13.9. The number of rotatable bonds is 3. The molecule has 1 atom stereocenters. The van der Waals surface area contributed by atoms with E-state index in [2.05, 4.69) is 5.32 Å². The van der Waals surface area contributed by atoms with Gasteiger partial charge in [-0.15, -0.1) is 0 Å². The topological polar surface area (TPSA) is 137 Å². The van der Waals surface area contributed by atoms with Crippen LogP contribution in [0.1, 0.15) is 0 Å². The first kappa shape index (κ1) is 19.8. The van der Waals surface area contributed by atoms with E-state index in [1.165, 1.54) is 24.3 Å². The molecular weight excluding hydrogens is 402 g/mol. The van der Waals surface area contributed by atoms with Crippen LogP contribution in [0.3, 0.4) is 0 Å². The molecule has 0 aliphatic carbocycles. The summed E-state index contributed by atoms with van der Waals surface area (Å²) >= 11 is 5.75. The van der Waals surface area contributed by atoms with Crippen LogP contribution >= 0.6 is 11.6 Å². The Morgan fingerprint density at radius 1 is 0.931 bits per heavy atom. The van der Waals surface area contributed by atoms with E-state index in [-0.39, 0.29) is 5.69 Å². The summed E-state index contributed by atoms with van der Waals surface area (Å²) in [7, 11) is 0. The number of hydrogen-bond donors (Lipinski definition) is 4. The molecule has 1 aliphatic heterocycles. The third-order valence-electron chi connectivity index (χ3n) is 3.84. The number of nitrogens with one attached hydrogen (secondary N) is 4. The maximum atomic E-state index is 12.6. The number of hydrogen-bond acceptors (Lipinski definition) is 5. The minimum atomic E-state index is -1.86. The summed E-state index contributed by atoms with van der Waals surface area (Å²) < 4.78 is 0. The van der Waals surface area contributed by atoms with E-state index < -0.39 is 35.7 Å². The highest BCUT2D eigenvalue weighted by Gasteiger charge is 2.45. The molecule has 2 aromatic rings. The van der Waals surface area contributed by atoms with Crippen molar-refractivity contribution in [3.05, 3.63) is 59.6 Å². The van der Waals surface area contributed by atoms with Gasteiger partial charge in [-0.2, -0.15) is 0 Å². The minimum Gasteiger partial charge on any atom is -0.307 e. The zero-order valence-electron chi connectivity index (χ0n) is 14.6. The molecule has 148 valence electrons. The van der Waals surface area contributed by atoms with Crippen molar-refractivity contribution in [1.29, 1.82) is 0 Å². The predicted molar refractivity (Wildman–Crippen MR) is 103 cm³/mol. The summed E-state index contributed by atoms with van der Waals surface area (Å²) in [4.78, 5) is 61.5. The van der Waals surface area contributed by atoms with Crippen molar-refractivity contribution in [2.45, 2.75) is 0 Å². The van der Waals surface area contributed by atoms with Crippen LogP contribution in [0.25, 0.3) is 0 Å². The molecule has 10 nitrogen and oxygen atoms in total. The molecule has 1 unspecified atom stereocenters. The van der Waals surface area contributed by atoms with Crippen molar-refractivity contribution in [2.24, 2.45) is 5.92 Å². The Kier molecular flexibility index (Phi) is 5.74. The summed E-state index contributed by atoms with van der Waals surface area (Å²) in [5.74, 6) is -5.09. The molecule has 29 heavy (non-hydrogen) atoms. The van der Waals surface area contributed by atoms with Crippen LogP contribution in [0.15, 0.2) is 54.6 Å². The van der Waals surface area contributed by atoms with Crippen molar-refractivity contribution in [2.75, 3.05) is 10.2 Å². The third kappa shape index (κ3) is 4.50. The molecule has 0 aromatic heterocycles. The van der Waals surface area contributed by atoms with E-state index in [1.807, 2.05) is 16.2 Å². The number of imide groups is 2. The van der Waals surface area contributed by atoms with Crippen molar-refractivity contribution < 1.29 is 24.0 Å². The Morgan fingerprint density at radius 3 is 2.24 bits per heavy atom. The van der Waals surface area contributed by atoms with Gasteiger partial charge < -0.3 is 5.32 Å². The molecule has 11 heteroatoms. The normalized spacial score (nSPS) is 16.1. The molecular formula is C18H14ClN5O5. The molecule has 7 amide bonds. The number of amides is 7. The number of halogens is 1. The molecule has 1 heterocycles. The van der Waals surface area contributed by atoms with Crippen LogP contribution in [0.2, 0.25) is 5.02 Å². The van der Waals surface area contributed by atoms with Gasteiger partial charge in [0.25, 0.3) is 11.8 Å². The van der Waals surface area contributed by atoms with E-state index in [9.17, 15) is 24.0 Å². The lowest BCUT2D eigenvalue weighted by Gasteiger charge is -2.29. The van der Waals surface area contributed by atoms with Crippen LogP contribution in [0, 0.1) is 5.92 Å².